The molecule has 1 rings (SSSR count). The first kappa shape index (κ1) is 12.9. The average Bonchev–Trinajstić information content (AvgIpc) is 2.28. The van der Waals surface area contributed by atoms with E-state index in [1.807, 2.05) is 0 Å². The summed E-state index contributed by atoms with van der Waals surface area (Å²) in [5.41, 5.74) is 0. The van der Waals surface area contributed by atoms with E-state index in [1.54, 1.807) is 0 Å². The minimum Gasteiger partial charge on any atom is -0.378 e. The Morgan fingerprint density at radius 3 is 2.60 bits per heavy atom. The van der Waals surface area contributed by atoms with Crippen molar-refractivity contribution in [2.75, 3.05) is 19.8 Å². The lowest BCUT2D eigenvalue weighted by molar-refractivity contribution is 0.0193. The van der Waals surface area contributed by atoms with Crippen LogP contribution in [0.3, 0.4) is 0 Å². The zero-order valence-electron chi connectivity index (χ0n) is 9.80. The van der Waals surface area contributed by atoms with E-state index in [0.717, 1.165) is 19.4 Å². The number of hydrogen-bond donors (Lipinski definition) is 1. The van der Waals surface area contributed by atoms with Gasteiger partial charge in [0.1, 0.15) is 0 Å². The van der Waals surface area contributed by atoms with Crippen LogP contribution >= 0.6 is 0 Å². The van der Waals surface area contributed by atoms with Gasteiger partial charge in [-0.15, -0.1) is 0 Å². The van der Waals surface area contributed by atoms with E-state index in [9.17, 15) is 4.39 Å². The van der Waals surface area contributed by atoms with Gasteiger partial charge in [0.2, 0.25) is 0 Å². The number of halogens is 1. The van der Waals surface area contributed by atoms with Crippen LogP contribution < -0.4 is 5.32 Å². The van der Waals surface area contributed by atoms with Gasteiger partial charge in [0.25, 0.3) is 0 Å². The Kier molecular flexibility index (Phi) is 6.94. The molecule has 0 saturated heterocycles. The van der Waals surface area contributed by atoms with Crippen molar-refractivity contribution >= 4 is 0 Å². The van der Waals surface area contributed by atoms with Crippen molar-refractivity contribution in [3.63, 3.8) is 0 Å². The molecule has 0 unspecified atom stereocenters. The van der Waals surface area contributed by atoms with Crippen LogP contribution in [0.15, 0.2) is 0 Å². The Labute approximate surface area is 92.6 Å². The highest BCUT2D eigenvalue weighted by Crippen LogP contribution is 2.21. The van der Waals surface area contributed by atoms with Gasteiger partial charge < -0.3 is 10.1 Å². The molecule has 0 aliphatic heterocycles. The molecule has 0 amide bonds. The van der Waals surface area contributed by atoms with E-state index in [-0.39, 0.29) is 6.67 Å². The third kappa shape index (κ3) is 5.47. The molecule has 2 nitrogen and oxygen atoms in total. The molecule has 1 fully saturated rings. The summed E-state index contributed by atoms with van der Waals surface area (Å²) in [5, 5.41) is 3.54. The molecule has 1 aliphatic rings. The topological polar surface area (TPSA) is 21.3 Å². The highest BCUT2D eigenvalue weighted by Gasteiger charge is 2.20. The smallest absolute Gasteiger partial charge is 0.0916 e. The Hall–Kier alpha value is -0.150. The average molecular weight is 217 g/mol. The van der Waals surface area contributed by atoms with Crippen molar-refractivity contribution in [2.45, 2.75) is 57.6 Å². The molecule has 0 aromatic rings. The molecule has 0 aromatic carbocycles. The van der Waals surface area contributed by atoms with Crippen molar-refractivity contribution in [1.82, 2.24) is 5.32 Å². The first-order valence-electron chi connectivity index (χ1n) is 6.27. The summed E-state index contributed by atoms with van der Waals surface area (Å²) in [6.45, 7) is 3.65. The number of rotatable bonds is 7. The number of ether oxygens (including phenoxy) is 1. The van der Waals surface area contributed by atoms with Gasteiger partial charge >= 0.3 is 0 Å². The fourth-order valence-electron chi connectivity index (χ4n) is 2.09. The lowest BCUT2D eigenvalue weighted by Crippen LogP contribution is -2.35. The van der Waals surface area contributed by atoms with E-state index in [0.29, 0.717) is 25.2 Å². The summed E-state index contributed by atoms with van der Waals surface area (Å²) in [5.74, 6) is 0. The molecule has 1 N–H and O–H groups in total. The fraction of sp³-hybridized carbons (Fsp3) is 1.00. The Morgan fingerprint density at radius 1 is 1.27 bits per heavy atom. The normalized spacial score (nSPS) is 26.8. The van der Waals surface area contributed by atoms with E-state index in [2.05, 4.69) is 12.2 Å². The van der Waals surface area contributed by atoms with Crippen LogP contribution in [0.5, 0.6) is 0 Å². The second-order valence-electron chi connectivity index (χ2n) is 4.34. The van der Waals surface area contributed by atoms with Crippen molar-refractivity contribution in [3.05, 3.63) is 0 Å². The molecule has 0 atom stereocenters. The summed E-state index contributed by atoms with van der Waals surface area (Å²) in [4.78, 5) is 0. The van der Waals surface area contributed by atoms with Crippen LogP contribution in [0, 0.1) is 0 Å². The van der Waals surface area contributed by atoms with Crippen molar-refractivity contribution in [2.24, 2.45) is 0 Å². The van der Waals surface area contributed by atoms with Gasteiger partial charge in [0, 0.05) is 12.6 Å². The zero-order chi connectivity index (χ0) is 10.9. The Balaban J connectivity index is 2.02. The van der Waals surface area contributed by atoms with Gasteiger partial charge in [-0.3, -0.25) is 4.39 Å². The predicted octanol–water partition coefficient (Wildman–Crippen LogP) is 2.67. The molecular weight excluding hydrogens is 193 g/mol. The molecule has 0 bridgehead atoms. The highest BCUT2D eigenvalue weighted by molar-refractivity contribution is 4.77. The number of alkyl halides is 1. The Morgan fingerprint density at radius 2 is 2.00 bits per heavy atom. The van der Waals surface area contributed by atoms with Crippen LogP contribution in [0.4, 0.5) is 4.39 Å². The van der Waals surface area contributed by atoms with E-state index < -0.39 is 0 Å². The molecule has 0 aromatic heterocycles. The van der Waals surface area contributed by atoms with Gasteiger partial charge in [-0.2, -0.15) is 0 Å². The standard InChI is InChI=1S/C12H24FNO/c1-2-9-14-11-4-6-12(7-5-11)15-10-3-8-13/h11-12,14H,2-10H2,1H3. The van der Waals surface area contributed by atoms with Crippen LogP contribution in [-0.4, -0.2) is 32.0 Å². The summed E-state index contributed by atoms with van der Waals surface area (Å²) in [6.07, 6.45) is 6.82. The first-order chi connectivity index (χ1) is 7.36. The molecule has 15 heavy (non-hydrogen) atoms. The Bertz CT molecular complexity index is 147. The lowest BCUT2D eigenvalue weighted by atomic mass is 9.93. The largest absolute Gasteiger partial charge is 0.378 e. The van der Waals surface area contributed by atoms with E-state index >= 15 is 0 Å². The van der Waals surface area contributed by atoms with Crippen LogP contribution in [0.1, 0.15) is 45.4 Å². The van der Waals surface area contributed by atoms with Crippen LogP contribution in [-0.2, 0) is 4.74 Å². The van der Waals surface area contributed by atoms with Crippen molar-refractivity contribution in [1.29, 1.82) is 0 Å². The molecule has 1 saturated carbocycles. The minimum atomic E-state index is -0.257. The van der Waals surface area contributed by atoms with Crippen LogP contribution in [0.25, 0.3) is 0 Å². The molecule has 0 radical (unpaired) electrons. The predicted molar refractivity (Wildman–Crippen MR) is 60.9 cm³/mol. The molecule has 1 aliphatic carbocycles. The minimum absolute atomic E-state index is 0.257. The summed E-state index contributed by atoms with van der Waals surface area (Å²) < 4.78 is 17.5. The second-order valence-corrected chi connectivity index (χ2v) is 4.34. The number of hydrogen-bond acceptors (Lipinski definition) is 2. The van der Waals surface area contributed by atoms with Gasteiger partial charge in [-0.05, 0) is 45.1 Å². The fourth-order valence-corrected chi connectivity index (χ4v) is 2.09. The third-order valence-electron chi connectivity index (χ3n) is 2.99. The molecule has 3 heteroatoms. The summed E-state index contributed by atoms with van der Waals surface area (Å²) in [6, 6.07) is 0.686. The maximum atomic E-state index is 11.9. The van der Waals surface area contributed by atoms with Crippen molar-refractivity contribution < 1.29 is 9.13 Å². The molecule has 90 valence electrons. The molecule has 0 heterocycles. The molecule has 0 spiro atoms. The van der Waals surface area contributed by atoms with Gasteiger partial charge in [0.15, 0.2) is 0 Å². The maximum absolute atomic E-state index is 11.9. The molecular formula is C12H24FNO. The lowest BCUT2D eigenvalue weighted by Gasteiger charge is -2.29. The monoisotopic (exact) mass is 217 g/mol. The quantitative estimate of drug-likeness (QED) is 0.662. The second kappa shape index (κ2) is 8.05. The first-order valence-corrected chi connectivity index (χ1v) is 6.27. The third-order valence-corrected chi connectivity index (χ3v) is 2.99. The summed E-state index contributed by atoms with van der Waals surface area (Å²) >= 11 is 0. The van der Waals surface area contributed by atoms with Gasteiger partial charge in [-0.25, -0.2) is 0 Å². The van der Waals surface area contributed by atoms with Crippen LogP contribution in [0.2, 0.25) is 0 Å². The van der Waals surface area contributed by atoms with E-state index in [1.165, 1.54) is 19.3 Å². The highest BCUT2D eigenvalue weighted by atomic mass is 19.1. The SMILES string of the molecule is CCCNC1CCC(OCCCF)CC1. The zero-order valence-corrected chi connectivity index (χ0v) is 9.80. The van der Waals surface area contributed by atoms with Gasteiger partial charge in [-0.1, -0.05) is 6.92 Å². The van der Waals surface area contributed by atoms with Crippen molar-refractivity contribution in [3.8, 4) is 0 Å². The maximum Gasteiger partial charge on any atom is 0.0916 e. The van der Waals surface area contributed by atoms with Gasteiger partial charge in [0.05, 0.1) is 12.8 Å². The number of nitrogens with one attached hydrogen (secondary N) is 1. The summed E-state index contributed by atoms with van der Waals surface area (Å²) in [7, 11) is 0. The van der Waals surface area contributed by atoms with E-state index in [4.69, 9.17) is 4.74 Å².